The molecule has 22 heavy (non-hydrogen) atoms. The Kier molecular flexibility index (Phi) is 3.44. The third kappa shape index (κ3) is 2.43. The molecular formula is C18H27N3O. The number of fused-ring (bicyclic) bond motifs is 1. The van der Waals surface area contributed by atoms with Crippen LogP contribution in [0.4, 0.5) is 11.4 Å². The number of anilines is 2. The van der Waals surface area contributed by atoms with Crippen molar-refractivity contribution in [2.24, 2.45) is 5.92 Å². The quantitative estimate of drug-likeness (QED) is 0.872. The van der Waals surface area contributed by atoms with Crippen LogP contribution in [0.2, 0.25) is 0 Å². The molecule has 2 N–H and O–H groups in total. The number of nitrogens with two attached hydrogens (primary N) is 1. The fourth-order valence-electron chi connectivity index (χ4n) is 4.05. The average Bonchev–Trinajstić information content (AvgIpc) is 3.25. The molecule has 0 amide bonds. The lowest BCUT2D eigenvalue weighted by molar-refractivity contribution is 0.209. The molecule has 0 aromatic heterocycles. The lowest BCUT2D eigenvalue weighted by Gasteiger charge is -2.41. The molecule has 2 aliphatic heterocycles. The van der Waals surface area contributed by atoms with Crippen molar-refractivity contribution in [2.45, 2.75) is 45.3 Å². The first-order valence-electron chi connectivity index (χ1n) is 8.68. The van der Waals surface area contributed by atoms with E-state index in [1.54, 1.807) is 0 Å². The highest BCUT2D eigenvalue weighted by atomic mass is 16.5. The Labute approximate surface area is 133 Å². The van der Waals surface area contributed by atoms with Gasteiger partial charge in [-0.15, -0.1) is 0 Å². The largest absolute Gasteiger partial charge is 0.490 e. The fraction of sp³-hybridized carbons (Fsp3) is 0.667. The van der Waals surface area contributed by atoms with Crippen LogP contribution in [0.25, 0.3) is 0 Å². The second-order valence-corrected chi connectivity index (χ2v) is 7.26. The first-order valence-corrected chi connectivity index (χ1v) is 8.68. The number of benzene rings is 1. The summed E-state index contributed by atoms with van der Waals surface area (Å²) in [6.45, 7) is 9.13. The molecule has 4 rings (SSSR count). The SMILES string of the molecule is Cc1c(OC2CC2)ccc(N)c1N1CCN2CC[C@@H](C)[C@@H]2C1. The van der Waals surface area contributed by atoms with Gasteiger partial charge in [-0.2, -0.15) is 0 Å². The minimum absolute atomic E-state index is 0.432. The maximum atomic E-state index is 6.33. The Hall–Kier alpha value is -1.42. The van der Waals surface area contributed by atoms with Crippen LogP contribution in [0.5, 0.6) is 5.75 Å². The van der Waals surface area contributed by atoms with Crippen molar-refractivity contribution < 1.29 is 4.74 Å². The number of hydrogen-bond acceptors (Lipinski definition) is 4. The van der Waals surface area contributed by atoms with Gasteiger partial charge in [0.1, 0.15) is 5.75 Å². The van der Waals surface area contributed by atoms with Gasteiger partial charge in [-0.3, -0.25) is 4.90 Å². The predicted molar refractivity (Wildman–Crippen MR) is 90.6 cm³/mol. The zero-order valence-electron chi connectivity index (χ0n) is 13.7. The first-order chi connectivity index (χ1) is 10.6. The van der Waals surface area contributed by atoms with Crippen LogP contribution in [0.3, 0.4) is 0 Å². The van der Waals surface area contributed by atoms with Crippen LogP contribution < -0.4 is 15.4 Å². The zero-order valence-corrected chi connectivity index (χ0v) is 13.7. The van der Waals surface area contributed by atoms with E-state index in [4.69, 9.17) is 10.5 Å². The third-order valence-electron chi connectivity index (χ3n) is 5.61. The van der Waals surface area contributed by atoms with Crippen LogP contribution >= 0.6 is 0 Å². The summed E-state index contributed by atoms with van der Waals surface area (Å²) in [6.07, 6.45) is 4.15. The molecule has 3 aliphatic rings. The Morgan fingerprint density at radius 1 is 1.14 bits per heavy atom. The van der Waals surface area contributed by atoms with Crippen molar-refractivity contribution >= 4 is 11.4 Å². The number of ether oxygens (including phenoxy) is 1. The van der Waals surface area contributed by atoms with E-state index >= 15 is 0 Å². The maximum absolute atomic E-state index is 6.33. The number of rotatable bonds is 3. The van der Waals surface area contributed by atoms with E-state index in [9.17, 15) is 0 Å². The van der Waals surface area contributed by atoms with Gasteiger partial charge in [-0.25, -0.2) is 0 Å². The molecule has 1 aromatic carbocycles. The summed E-state index contributed by atoms with van der Waals surface area (Å²) in [4.78, 5) is 5.14. The average molecular weight is 301 g/mol. The Balaban J connectivity index is 1.60. The first kappa shape index (κ1) is 14.2. The van der Waals surface area contributed by atoms with Crippen molar-refractivity contribution in [1.29, 1.82) is 0 Å². The molecule has 2 saturated heterocycles. The second-order valence-electron chi connectivity index (χ2n) is 7.26. The molecule has 0 unspecified atom stereocenters. The lowest BCUT2D eigenvalue weighted by atomic mass is 10.00. The molecule has 0 spiro atoms. The van der Waals surface area contributed by atoms with Crippen molar-refractivity contribution in [3.63, 3.8) is 0 Å². The molecule has 120 valence electrons. The van der Waals surface area contributed by atoms with Gasteiger partial charge in [0.25, 0.3) is 0 Å². The van der Waals surface area contributed by atoms with E-state index in [2.05, 4.69) is 23.6 Å². The molecule has 3 fully saturated rings. The standard InChI is InChI=1S/C18H27N3O/c1-12-7-8-20-9-10-21(11-16(12)20)18-13(2)17(6-5-15(18)19)22-14-3-4-14/h5-6,12,14,16H,3-4,7-11,19H2,1-2H3/t12-,16+/m1/s1. The van der Waals surface area contributed by atoms with Crippen molar-refractivity contribution in [3.05, 3.63) is 17.7 Å². The van der Waals surface area contributed by atoms with E-state index < -0.39 is 0 Å². The number of nitrogen functional groups attached to an aromatic ring is 1. The molecule has 2 atom stereocenters. The monoisotopic (exact) mass is 301 g/mol. The molecule has 1 aliphatic carbocycles. The normalized spacial score (nSPS) is 28.7. The van der Waals surface area contributed by atoms with Gasteiger partial charge in [0.05, 0.1) is 17.5 Å². The van der Waals surface area contributed by atoms with Gasteiger partial charge in [0, 0.05) is 31.2 Å². The summed E-state index contributed by atoms with van der Waals surface area (Å²) in [7, 11) is 0. The highest BCUT2D eigenvalue weighted by Gasteiger charge is 2.36. The molecule has 2 heterocycles. The van der Waals surface area contributed by atoms with E-state index in [1.165, 1.54) is 37.1 Å². The Bertz CT molecular complexity index is 570. The molecule has 0 bridgehead atoms. The van der Waals surface area contributed by atoms with Gasteiger partial charge >= 0.3 is 0 Å². The number of hydrogen-bond donors (Lipinski definition) is 1. The van der Waals surface area contributed by atoms with Crippen molar-refractivity contribution in [1.82, 2.24) is 4.90 Å². The van der Waals surface area contributed by atoms with E-state index in [-0.39, 0.29) is 0 Å². The second kappa shape index (κ2) is 5.34. The van der Waals surface area contributed by atoms with Crippen LogP contribution in [-0.2, 0) is 0 Å². The minimum Gasteiger partial charge on any atom is -0.490 e. The summed E-state index contributed by atoms with van der Waals surface area (Å²) >= 11 is 0. The Morgan fingerprint density at radius 2 is 1.95 bits per heavy atom. The van der Waals surface area contributed by atoms with Crippen LogP contribution in [0.15, 0.2) is 12.1 Å². The highest BCUT2D eigenvalue weighted by molar-refractivity contribution is 5.74. The highest BCUT2D eigenvalue weighted by Crippen LogP contribution is 2.39. The van der Waals surface area contributed by atoms with Crippen LogP contribution in [0.1, 0.15) is 31.7 Å². The predicted octanol–water partition coefficient (Wildman–Crippen LogP) is 2.65. The fourth-order valence-corrected chi connectivity index (χ4v) is 4.05. The summed E-state index contributed by atoms with van der Waals surface area (Å²) in [5.41, 5.74) is 9.64. The van der Waals surface area contributed by atoms with Gasteiger partial charge < -0.3 is 15.4 Å². The van der Waals surface area contributed by atoms with Crippen molar-refractivity contribution in [3.8, 4) is 5.75 Å². The summed E-state index contributed by atoms with van der Waals surface area (Å²) in [5.74, 6) is 1.81. The van der Waals surface area contributed by atoms with E-state index in [0.717, 1.165) is 37.0 Å². The van der Waals surface area contributed by atoms with Crippen LogP contribution in [0, 0.1) is 12.8 Å². The molecule has 1 aromatic rings. The number of piperazine rings is 1. The van der Waals surface area contributed by atoms with Gasteiger partial charge in [0.2, 0.25) is 0 Å². The van der Waals surface area contributed by atoms with Gasteiger partial charge in [-0.1, -0.05) is 6.92 Å². The third-order valence-corrected chi connectivity index (χ3v) is 5.61. The molecule has 4 heteroatoms. The summed E-state index contributed by atoms with van der Waals surface area (Å²) in [5, 5.41) is 0. The van der Waals surface area contributed by atoms with E-state index in [1.807, 2.05) is 12.1 Å². The van der Waals surface area contributed by atoms with Crippen LogP contribution in [-0.4, -0.2) is 43.2 Å². The molecule has 1 saturated carbocycles. The smallest absolute Gasteiger partial charge is 0.124 e. The van der Waals surface area contributed by atoms with Gasteiger partial charge in [-0.05, 0) is 50.8 Å². The van der Waals surface area contributed by atoms with E-state index in [0.29, 0.717) is 12.1 Å². The topological polar surface area (TPSA) is 41.7 Å². The zero-order chi connectivity index (χ0) is 15.3. The van der Waals surface area contributed by atoms with Gasteiger partial charge in [0.15, 0.2) is 0 Å². The molecule has 4 nitrogen and oxygen atoms in total. The lowest BCUT2D eigenvalue weighted by Crippen LogP contribution is -2.52. The molecule has 0 radical (unpaired) electrons. The maximum Gasteiger partial charge on any atom is 0.124 e. The molecular weight excluding hydrogens is 274 g/mol. The minimum atomic E-state index is 0.432. The summed E-state index contributed by atoms with van der Waals surface area (Å²) < 4.78 is 6.06. The summed E-state index contributed by atoms with van der Waals surface area (Å²) in [6, 6.07) is 4.74. The Morgan fingerprint density at radius 3 is 2.73 bits per heavy atom. The van der Waals surface area contributed by atoms with Crippen molar-refractivity contribution in [2.75, 3.05) is 36.8 Å². The number of nitrogens with zero attached hydrogens (tertiary/aromatic N) is 2.